The van der Waals surface area contributed by atoms with Gasteiger partial charge in [0.15, 0.2) is 0 Å². The number of amides is 1. The number of hydrogen-bond acceptors (Lipinski definition) is 2. The van der Waals surface area contributed by atoms with Crippen LogP contribution >= 0.6 is 0 Å². The lowest BCUT2D eigenvalue weighted by molar-refractivity contribution is -0.118. The Balaban J connectivity index is 2.89. The third kappa shape index (κ3) is 4.06. The SMILES string of the molecule is CCCCN(C(=O)CCC)c1cccc(OC)c1. The van der Waals surface area contributed by atoms with Crippen molar-refractivity contribution < 1.29 is 9.53 Å². The summed E-state index contributed by atoms with van der Waals surface area (Å²) in [4.78, 5) is 14.0. The minimum atomic E-state index is 0.194. The van der Waals surface area contributed by atoms with Crippen molar-refractivity contribution in [1.29, 1.82) is 0 Å². The second-order valence-electron chi connectivity index (χ2n) is 4.35. The van der Waals surface area contributed by atoms with Crippen LogP contribution in [0.5, 0.6) is 5.75 Å². The first-order valence-corrected chi connectivity index (χ1v) is 6.67. The van der Waals surface area contributed by atoms with Crippen LogP contribution in [0.1, 0.15) is 39.5 Å². The molecule has 0 N–H and O–H groups in total. The number of rotatable bonds is 7. The lowest BCUT2D eigenvalue weighted by Crippen LogP contribution is -2.31. The van der Waals surface area contributed by atoms with Gasteiger partial charge in [-0.1, -0.05) is 26.3 Å². The maximum atomic E-state index is 12.1. The van der Waals surface area contributed by atoms with Gasteiger partial charge in [0.2, 0.25) is 5.91 Å². The molecule has 1 amide bonds. The highest BCUT2D eigenvalue weighted by Crippen LogP contribution is 2.22. The minimum Gasteiger partial charge on any atom is -0.497 e. The van der Waals surface area contributed by atoms with Crippen LogP contribution < -0.4 is 9.64 Å². The lowest BCUT2D eigenvalue weighted by Gasteiger charge is -2.23. The van der Waals surface area contributed by atoms with E-state index in [1.807, 2.05) is 36.1 Å². The molecule has 3 nitrogen and oxygen atoms in total. The fourth-order valence-corrected chi connectivity index (χ4v) is 1.84. The Kier molecular flexibility index (Phi) is 6.26. The van der Waals surface area contributed by atoms with E-state index in [2.05, 4.69) is 6.92 Å². The Morgan fingerprint density at radius 1 is 1.28 bits per heavy atom. The van der Waals surface area contributed by atoms with E-state index in [4.69, 9.17) is 4.74 Å². The third-order valence-corrected chi connectivity index (χ3v) is 2.87. The first-order valence-electron chi connectivity index (χ1n) is 6.67. The van der Waals surface area contributed by atoms with Crippen molar-refractivity contribution in [3.63, 3.8) is 0 Å². The zero-order valence-electron chi connectivity index (χ0n) is 11.6. The second-order valence-corrected chi connectivity index (χ2v) is 4.35. The van der Waals surface area contributed by atoms with Crippen molar-refractivity contribution in [3.8, 4) is 5.75 Å². The van der Waals surface area contributed by atoms with Crippen LogP contribution in [0.4, 0.5) is 5.69 Å². The predicted octanol–water partition coefficient (Wildman–Crippen LogP) is 3.63. The Labute approximate surface area is 110 Å². The van der Waals surface area contributed by atoms with Crippen molar-refractivity contribution in [3.05, 3.63) is 24.3 Å². The van der Waals surface area contributed by atoms with E-state index in [1.165, 1.54) is 0 Å². The van der Waals surface area contributed by atoms with Gasteiger partial charge in [-0.25, -0.2) is 0 Å². The van der Waals surface area contributed by atoms with Crippen molar-refractivity contribution in [2.24, 2.45) is 0 Å². The molecule has 0 aliphatic heterocycles. The van der Waals surface area contributed by atoms with Gasteiger partial charge in [0, 0.05) is 24.7 Å². The fourth-order valence-electron chi connectivity index (χ4n) is 1.84. The summed E-state index contributed by atoms with van der Waals surface area (Å²) < 4.78 is 5.21. The standard InChI is InChI=1S/C15H23NO2/c1-4-6-11-16(15(17)8-5-2)13-9-7-10-14(12-13)18-3/h7,9-10,12H,4-6,8,11H2,1-3H3. The van der Waals surface area contributed by atoms with Gasteiger partial charge < -0.3 is 9.64 Å². The number of nitrogens with zero attached hydrogens (tertiary/aromatic N) is 1. The van der Waals surface area contributed by atoms with E-state index in [9.17, 15) is 4.79 Å². The quantitative estimate of drug-likeness (QED) is 0.738. The molecule has 1 aromatic carbocycles. The van der Waals surface area contributed by atoms with E-state index in [0.717, 1.165) is 37.2 Å². The molecule has 0 saturated heterocycles. The highest BCUT2D eigenvalue weighted by molar-refractivity contribution is 5.93. The molecular weight excluding hydrogens is 226 g/mol. The van der Waals surface area contributed by atoms with Crippen LogP contribution in [0.15, 0.2) is 24.3 Å². The molecule has 0 radical (unpaired) electrons. The molecule has 1 aromatic rings. The van der Waals surface area contributed by atoms with Gasteiger partial charge in [-0.2, -0.15) is 0 Å². The number of benzene rings is 1. The summed E-state index contributed by atoms with van der Waals surface area (Å²) in [6.07, 6.45) is 3.58. The molecule has 3 heteroatoms. The molecular formula is C15H23NO2. The summed E-state index contributed by atoms with van der Waals surface area (Å²) in [6, 6.07) is 7.70. The average Bonchev–Trinajstić information content (AvgIpc) is 2.40. The first kappa shape index (κ1) is 14.6. The summed E-state index contributed by atoms with van der Waals surface area (Å²) in [5.41, 5.74) is 0.932. The van der Waals surface area contributed by atoms with E-state index in [1.54, 1.807) is 7.11 Å². The number of carbonyl (C=O) groups is 1. The molecule has 0 atom stereocenters. The van der Waals surface area contributed by atoms with Gasteiger partial charge in [0.25, 0.3) is 0 Å². The molecule has 0 aliphatic carbocycles. The van der Waals surface area contributed by atoms with Gasteiger partial charge in [0.05, 0.1) is 7.11 Å². The van der Waals surface area contributed by atoms with Gasteiger partial charge in [-0.05, 0) is 25.0 Å². The fraction of sp³-hybridized carbons (Fsp3) is 0.533. The maximum absolute atomic E-state index is 12.1. The van der Waals surface area contributed by atoms with Crippen molar-refractivity contribution in [1.82, 2.24) is 0 Å². The number of hydrogen-bond donors (Lipinski definition) is 0. The first-order chi connectivity index (χ1) is 8.72. The van der Waals surface area contributed by atoms with Crippen LogP contribution in [0.25, 0.3) is 0 Å². The molecule has 0 heterocycles. The Morgan fingerprint density at radius 3 is 2.67 bits per heavy atom. The van der Waals surface area contributed by atoms with Crippen LogP contribution in [0.2, 0.25) is 0 Å². The number of carbonyl (C=O) groups excluding carboxylic acids is 1. The van der Waals surface area contributed by atoms with Crippen LogP contribution in [-0.2, 0) is 4.79 Å². The Hall–Kier alpha value is -1.51. The van der Waals surface area contributed by atoms with E-state index >= 15 is 0 Å². The van der Waals surface area contributed by atoms with Crippen LogP contribution in [0.3, 0.4) is 0 Å². The normalized spacial score (nSPS) is 10.2. The molecule has 0 bridgehead atoms. The smallest absolute Gasteiger partial charge is 0.226 e. The largest absolute Gasteiger partial charge is 0.497 e. The topological polar surface area (TPSA) is 29.5 Å². The number of ether oxygens (including phenoxy) is 1. The molecule has 18 heavy (non-hydrogen) atoms. The molecule has 100 valence electrons. The number of unbranched alkanes of at least 4 members (excludes halogenated alkanes) is 1. The minimum absolute atomic E-state index is 0.194. The molecule has 0 spiro atoms. The van der Waals surface area contributed by atoms with Crippen molar-refractivity contribution in [2.75, 3.05) is 18.6 Å². The zero-order valence-corrected chi connectivity index (χ0v) is 11.6. The van der Waals surface area contributed by atoms with Gasteiger partial charge in [-0.3, -0.25) is 4.79 Å². The third-order valence-electron chi connectivity index (χ3n) is 2.87. The maximum Gasteiger partial charge on any atom is 0.226 e. The summed E-state index contributed by atoms with van der Waals surface area (Å²) in [5.74, 6) is 0.984. The molecule has 0 aliphatic rings. The summed E-state index contributed by atoms with van der Waals surface area (Å²) in [6.45, 7) is 4.94. The van der Waals surface area contributed by atoms with Crippen LogP contribution in [-0.4, -0.2) is 19.6 Å². The second kappa shape index (κ2) is 7.75. The molecule has 0 aromatic heterocycles. The number of methoxy groups -OCH3 is 1. The Morgan fingerprint density at radius 2 is 2.06 bits per heavy atom. The van der Waals surface area contributed by atoms with E-state index < -0.39 is 0 Å². The van der Waals surface area contributed by atoms with Crippen LogP contribution in [0, 0.1) is 0 Å². The van der Waals surface area contributed by atoms with E-state index in [0.29, 0.717) is 6.42 Å². The molecule has 0 unspecified atom stereocenters. The Bertz CT molecular complexity index is 377. The number of anilines is 1. The van der Waals surface area contributed by atoms with Gasteiger partial charge in [0.1, 0.15) is 5.75 Å². The molecule has 1 rings (SSSR count). The van der Waals surface area contributed by atoms with Crippen molar-refractivity contribution in [2.45, 2.75) is 39.5 Å². The predicted molar refractivity (Wildman–Crippen MR) is 75.2 cm³/mol. The zero-order chi connectivity index (χ0) is 13.4. The highest BCUT2D eigenvalue weighted by Gasteiger charge is 2.14. The van der Waals surface area contributed by atoms with E-state index in [-0.39, 0.29) is 5.91 Å². The summed E-state index contributed by atoms with van der Waals surface area (Å²) in [7, 11) is 1.64. The molecule has 0 saturated carbocycles. The summed E-state index contributed by atoms with van der Waals surface area (Å²) >= 11 is 0. The average molecular weight is 249 g/mol. The lowest BCUT2D eigenvalue weighted by atomic mass is 10.2. The van der Waals surface area contributed by atoms with Gasteiger partial charge in [-0.15, -0.1) is 0 Å². The highest BCUT2D eigenvalue weighted by atomic mass is 16.5. The van der Waals surface area contributed by atoms with Gasteiger partial charge >= 0.3 is 0 Å². The van der Waals surface area contributed by atoms with Crippen molar-refractivity contribution >= 4 is 11.6 Å². The molecule has 0 fully saturated rings. The monoisotopic (exact) mass is 249 g/mol. The summed E-state index contributed by atoms with van der Waals surface area (Å²) in [5, 5.41) is 0.